The van der Waals surface area contributed by atoms with Crippen LogP contribution in [0.4, 0.5) is 0 Å². The molecule has 0 aromatic carbocycles. The molecule has 43 heavy (non-hydrogen) atoms. The van der Waals surface area contributed by atoms with E-state index in [1.807, 2.05) is 12.2 Å². The molecular weight excluding hydrogens is 540 g/mol. The van der Waals surface area contributed by atoms with E-state index in [1.165, 1.54) is 38.5 Å². The van der Waals surface area contributed by atoms with E-state index >= 15 is 0 Å². The smallest absolute Gasteiger partial charge is 0.306 e. The van der Waals surface area contributed by atoms with Gasteiger partial charge in [-0.25, -0.2) is 0 Å². The molecule has 1 aliphatic rings. The minimum Gasteiger partial charge on any atom is -0.462 e. The van der Waals surface area contributed by atoms with Crippen LogP contribution in [0.3, 0.4) is 0 Å². The molecule has 0 spiro atoms. The van der Waals surface area contributed by atoms with Crippen LogP contribution in [0.2, 0.25) is 0 Å². The van der Waals surface area contributed by atoms with Crippen LogP contribution in [0.1, 0.15) is 129 Å². The van der Waals surface area contributed by atoms with E-state index in [4.69, 9.17) is 14.2 Å². The summed E-state index contributed by atoms with van der Waals surface area (Å²) >= 11 is 0. The van der Waals surface area contributed by atoms with Gasteiger partial charge in [0.15, 0.2) is 6.10 Å². The van der Waals surface area contributed by atoms with Gasteiger partial charge in [-0.15, -0.1) is 0 Å². The summed E-state index contributed by atoms with van der Waals surface area (Å²) < 4.78 is 16.1. The lowest BCUT2D eigenvalue weighted by Crippen LogP contribution is -2.28. The van der Waals surface area contributed by atoms with Crippen LogP contribution in [-0.4, -0.2) is 48.6 Å². The number of hydrogen-bond donors (Lipinski definition) is 1. The first-order valence-electron chi connectivity index (χ1n) is 17.0. The van der Waals surface area contributed by atoms with Crippen LogP contribution in [0, 0.1) is 0 Å². The number of esters is 2. The van der Waals surface area contributed by atoms with Gasteiger partial charge >= 0.3 is 11.9 Å². The van der Waals surface area contributed by atoms with Crippen LogP contribution in [0.15, 0.2) is 60.8 Å². The first kappa shape index (κ1) is 38.6. The van der Waals surface area contributed by atoms with Crippen LogP contribution >= 0.6 is 0 Å². The number of ether oxygens (including phenoxy) is 3. The number of unbranched alkanes of at least 4 members (excludes halogenated alkanes) is 8. The van der Waals surface area contributed by atoms with Crippen LogP contribution in [0.5, 0.6) is 0 Å². The van der Waals surface area contributed by atoms with Crippen molar-refractivity contribution in [3.63, 3.8) is 0 Å². The number of hydrogen-bond acceptors (Lipinski definition) is 6. The molecule has 244 valence electrons. The third-order valence-corrected chi connectivity index (χ3v) is 7.24. The van der Waals surface area contributed by atoms with E-state index < -0.39 is 6.10 Å². The third-order valence-electron chi connectivity index (χ3n) is 7.24. The number of rotatable bonds is 28. The third kappa shape index (κ3) is 24.7. The van der Waals surface area contributed by atoms with Crippen molar-refractivity contribution in [1.82, 2.24) is 0 Å². The van der Waals surface area contributed by atoms with Gasteiger partial charge in [0.2, 0.25) is 0 Å². The Labute approximate surface area is 262 Å². The zero-order valence-electron chi connectivity index (χ0n) is 27.1. The topological polar surface area (TPSA) is 85.4 Å². The number of carbonyl (C=O) groups excluding carboxylic acids is 2. The molecule has 1 fully saturated rings. The van der Waals surface area contributed by atoms with Crippen molar-refractivity contribution < 1.29 is 28.9 Å². The molecule has 1 aliphatic heterocycles. The lowest BCUT2D eigenvalue weighted by molar-refractivity contribution is -0.161. The molecule has 3 atom stereocenters. The Kier molecular flexibility index (Phi) is 25.4. The summed E-state index contributed by atoms with van der Waals surface area (Å²) in [5.74, 6) is -0.702. The lowest BCUT2D eigenvalue weighted by atomic mass is 10.1. The summed E-state index contributed by atoms with van der Waals surface area (Å²) in [5, 5.41) is 9.47. The summed E-state index contributed by atoms with van der Waals surface area (Å²) in [7, 11) is 0. The zero-order chi connectivity index (χ0) is 31.2. The van der Waals surface area contributed by atoms with E-state index in [1.54, 1.807) is 0 Å². The lowest BCUT2D eigenvalue weighted by Gasteiger charge is -2.15. The van der Waals surface area contributed by atoms with Crippen LogP contribution < -0.4 is 0 Å². The van der Waals surface area contributed by atoms with Crippen molar-refractivity contribution in [2.24, 2.45) is 0 Å². The Hall–Kier alpha value is -2.44. The summed E-state index contributed by atoms with van der Waals surface area (Å²) in [6, 6.07) is 0. The van der Waals surface area contributed by atoms with Crippen molar-refractivity contribution in [2.45, 2.75) is 148 Å². The van der Waals surface area contributed by atoms with Crippen molar-refractivity contribution >= 4 is 11.9 Å². The maximum atomic E-state index is 12.0. The maximum Gasteiger partial charge on any atom is 0.306 e. The molecule has 0 amide bonds. The second-order valence-corrected chi connectivity index (χ2v) is 11.3. The fourth-order valence-corrected chi connectivity index (χ4v) is 4.56. The van der Waals surface area contributed by atoms with Gasteiger partial charge in [-0.1, -0.05) is 126 Å². The molecule has 0 aliphatic carbocycles. The molecular formula is C37H60O6. The van der Waals surface area contributed by atoms with Crippen molar-refractivity contribution in [2.75, 3.05) is 13.2 Å². The van der Waals surface area contributed by atoms with Crippen molar-refractivity contribution in [3.8, 4) is 0 Å². The Morgan fingerprint density at radius 1 is 0.674 bits per heavy atom. The molecule has 6 heteroatoms. The van der Waals surface area contributed by atoms with Crippen molar-refractivity contribution in [1.29, 1.82) is 0 Å². The molecule has 1 saturated heterocycles. The van der Waals surface area contributed by atoms with E-state index in [0.29, 0.717) is 25.0 Å². The van der Waals surface area contributed by atoms with Gasteiger partial charge < -0.3 is 19.3 Å². The predicted octanol–water partition coefficient (Wildman–Crippen LogP) is 9.04. The number of allylic oxidation sites excluding steroid dienone is 8. The molecule has 6 nitrogen and oxygen atoms in total. The van der Waals surface area contributed by atoms with Gasteiger partial charge in [0.05, 0.1) is 18.8 Å². The summed E-state index contributed by atoms with van der Waals surface area (Å²) in [4.78, 5) is 24.0. The van der Waals surface area contributed by atoms with Gasteiger partial charge in [0, 0.05) is 12.8 Å². The Morgan fingerprint density at radius 2 is 1.21 bits per heavy atom. The van der Waals surface area contributed by atoms with E-state index in [2.05, 4.69) is 62.5 Å². The highest BCUT2D eigenvalue weighted by Gasteiger charge is 2.35. The number of epoxide rings is 1. The van der Waals surface area contributed by atoms with Crippen LogP contribution in [-0.2, 0) is 23.8 Å². The zero-order valence-corrected chi connectivity index (χ0v) is 27.1. The summed E-state index contributed by atoms with van der Waals surface area (Å²) in [5.41, 5.74) is 0. The van der Waals surface area contributed by atoms with Gasteiger partial charge in [-0.3, -0.25) is 9.59 Å². The summed E-state index contributed by atoms with van der Waals surface area (Å²) in [6.07, 6.45) is 39.0. The van der Waals surface area contributed by atoms with E-state index in [-0.39, 0.29) is 31.6 Å². The summed E-state index contributed by atoms with van der Waals surface area (Å²) in [6.45, 7) is 3.90. The average Bonchev–Trinajstić information content (AvgIpc) is 3.76. The highest BCUT2D eigenvalue weighted by molar-refractivity contribution is 5.70. The SMILES string of the molecule is CC/C=C\CC1OC1C/C=C\C/C=C\C/C=C\C/C=C\CCC(=O)OC[C@H](CO)OC(=O)CCCCCCCCCCC. The number of carbonyl (C=O) groups is 2. The standard InChI is InChI=1S/C37H60O6/c1-3-5-7-8-9-14-19-22-26-30-37(40)42-33(31-38)32-41-36(39)29-25-21-18-16-13-11-10-12-15-17-20-24-28-35-34(43-35)27-23-6-4-2/h6,11-13,15,18,20-21,23-24,33-35,38H,3-5,7-10,14,16-17,19,22,25-32H2,1-2H3/b13-11-,15-12-,21-18-,23-6-,24-20-/t33-,34?,35?/m0/s1. The molecule has 0 aromatic heterocycles. The van der Waals surface area contributed by atoms with Gasteiger partial charge in [0.25, 0.3) is 0 Å². The number of aliphatic hydroxyl groups is 1. The molecule has 0 aromatic rings. The quantitative estimate of drug-likeness (QED) is 0.0417. The molecule has 0 radical (unpaired) electrons. The molecule has 1 N–H and O–H groups in total. The van der Waals surface area contributed by atoms with Gasteiger partial charge in [-0.05, 0) is 51.4 Å². The second-order valence-electron chi connectivity index (χ2n) is 11.3. The average molecular weight is 601 g/mol. The molecule has 2 unspecified atom stereocenters. The van der Waals surface area contributed by atoms with E-state index in [0.717, 1.165) is 57.8 Å². The van der Waals surface area contributed by atoms with Gasteiger partial charge in [0.1, 0.15) is 6.61 Å². The fourth-order valence-electron chi connectivity index (χ4n) is 4.56. The largest absolute Gasteiger partial charge is 0.462 e. The molecule has 0 saturated carbocycles. The second kappa shape index (κ2) is 28.3. The molecule has 1 heterocycles. The minimum atomic E-state index is -0.802. The first-order valence-corrected chi connectivity index (χ1v) is 17.0. The first-order chi connectivity index (χ1) is 21.1. The highest BCUT2D eigenvalue weighted by atomic mass is 16.6. The molecule has 0 bridgehead atoms. The monoisotopic (exact) mass is 600 g/mol. The highest BCUT2D eigenvalue weighted by Crippen LogP contribution is 2.29. The minimum absolute atomic E-state index is 0.110. The Bertz CT molecular complexity index is 840. The number of aliphatic hydroxyl groups excluding tert-OH is 1. The molecule has 1 rings (SSSR count). The van der Waals surface area contributed by atoms with Crippen molar-refractivity contribution in [3.05, 3.63) is 60.8 Å². The Balaban J connectivity index is 1.98. The Morgan fingerprint density at radius 3 is 1.79 bits per heavy atom. The predicted molar refractivity (Wildman–Crippen MR) is 177 cm³/mol. The van der Waals surface area contributed by atoms with Gasteiger partial charge in [-0.2, -0.15) is 0 Å². The fraction of sp³-hybridized carbons (Fsp3) is 0.676. The maximum absolute atomic E-state index is 12.0. The normalized spacial score (nSPS) is 17.7. The van der Waals surface area contributed by atoms with E-state index in [9.17, 15) is 14.7 Å². The van der Waals surface area contributed by atoms with Crippen LogP contribution in [0.25, 0.3) is 0 Å².